The van der Waals surface area contributed by atoms with Crippen molar-refractivity contribution in [2.75, 3.05) is 6.61 Å². The van der Waals surface area contributed by atoms with Crippen LogP contribution >= 0.6 is 15.9 Å². The lowest BCUT2D eigenvalue weighted by atomic mass is 10.2. The van der Waals surface area contributed by atoms with Crippen LogP contribution in [0, 0.1) is 13.8 Å². The fraction of sp³-hybridized carbons (Fsp3) is 0.176. The molecule has 0 aliphatic rings. The molecule has 2 aromatic rings. The number of carbonyl (C=O) groups is 1. The van der Waals surface area contributed by atoms with Crippen LogP contribution in [-0.2, 0) is 4.79 Å². The molecule has 0 fully saturated rings. The molecule has 0 atom stereocenters. The van der Waals surface area contributed by atoms with Crippen LogP contribution in [0.3, 0.4) is 0 Å². The Labute approximate surface area is 138 Å². The zero-order valence-corrected chi connectivity index (χ0v) is 14.1. The summed E-state index contributed by atoms with van der Waals surface area (Å²) in [5.74, 6) is 0.382. The smallest absolute Gasteiger partial charge is 0.277 e. The number of nitrogens with one attached hydrogen (secondary N) is 1. The van der Waals surface area contributed by atoms with Crippen LogP contribution in [0.2, 0.25) is 0 Å². The van der Waals surface area contributed by atoms with E-state index in [4.69, 9.17) is 4.74 Å². The first kappa shape index (κ1) is 16.2. The lowest BCUT2D eigenvalue weighted by Gasteiger charge is -2.08. The normalized spacial score (nSPS) is 10.7. The predicted molar refractivity (Wildman–Crippen MR) is 91.3 cm³/mol. The highest BCUT2D eigenvalue weighted by atomic mass is 79.9. The van der Waals surface area contributed by atoms with Gasteiger partial charge in [0, 0.05) is 4.47 Å². The lowest BCUT2D eigenvalue weighted by Crippen LogP contribution is -2.24. The molecule has 0 aliphatic carbocycles. The zero-order chi connectivity index (χ0) is 15.9. The number of hydrazone groups is 1. The summed E-state index contributed by atoms with van der Waals surface area (Å²) in [6, 6.07) is 13.5. The fourth-order valence-corrected chi connectivity index (χ4v) is 2.36. The number of hydrogen-bond acceptors (Lipinski definition) is 3. The molecule has 0 unspecified atom stereocenters. The Morgan fingerprint density at radius 1 is 1.27 bits per heavy atom. The van der Waals surface area contributed by atoms with Gasteiger partial charge in [-0.3, -0.25) is 4.79 Å². The molecule has 0 radical (unpaired) electrons. The van der Waals surface area contributed by atoms with Gasteiger partial charge in [-0.2, -0.15) is 5.10 Å². The van der Waals surface area contributed by atoms with Crippen LogP contribution in [0.15, 0.2) is 52.0 Å². The van der Waals surface area contributed by atoms with Gasteiger partial charge in [-0.05, 0) is 43.2 Å². The third-order valence-corrected chi connectivity index (χ3v) is 3.43. The molecule has 2 aromatic carbocycles. The molecule has 0 saturated carbocycles. The third-order valence-electron chi connectivity index (χ3n) is 2.94. The van der Waals surface area contributed by atoms with E-state index in [-0.39, 0.29) is 12.5 Å². The number of aryl methyl sites for hydroxylation is 2. The van der Waals surface area contributed by atoms with Crippen molar-refractivity contribution in [3.8, 4) is 5.75 Å². The van der Waals surface area contributed by atoms with Gasteiger partial charge in [0.1, 0.15) is 5.75 Å². The monoisotopic (exact) mass is 360 g/mol. The van der Waals surface area contributed by atoms with Gasteiger partial charge < -0.3 is 4.74 Å². The van der Waals surface area contributed by atoms with E-state index in [1.165, 1.54) is 0 Å². The van der Waals surface area contributed by atoms with Crippen molar-refractivity contribution in [3.63, 3.8) is 0 Å². The van der Waals surface area contributed by atoms with E-state index >= 15 is 0 Å². The van der Waals surface area contributed by atoms with E-state index in [0.29, 0.717) is 5.75 Å². The molecular weight excluding hydrogens is 344 g/mol. The quantitative estimate of drug-likeness (QED) is 0.654. The van der Waals surface area contributed by atoms with Gasteiger partial charge in [-0.1, -0.05) is 45.8 Å². The second-order valence-corrected chi connectivity index (χ2v) is 5.82. The zero-order valence-electron chi connectivity index (χ0n) is 12.5. The topological polar surface area (TPSA) is 50.7 Å². The summed E-state index contributed by atoms with van der Waals surface area (Å²) in [5, 5.41) is 3.92. The summed E-state index contributed by atoms with van der Waals surface area (Å²) in [4.78, 5) is 11.7. The first-order valence-corrected chi connectivity index (χ1v) is 7.61. The Kier molecular flexibility index (Phi) is 5.72. The highest BCUT2D eigenvalue weighted by Gasteiger charge is 2.04. The molecule has 1 N–H and O–H groups in total. The first-order chi connectivity index (χ1) is 10.5. The SMILES string of the molecule is Cc1cccc(/C=N/NC(=O)COc2ccc(Br)cc2C)c1. The van der Waals surface area contributed by atoms with Crippen LogP contribution < -0.4 is 10.2 Å². The highest BCUT2D eigenvalue weighted by molar-refractivity contribution is 9.10. The van der Waals surface area contributed by atoms with Crippen molar-refractivity contribution >= 4 is 28.1 Å². The molecule has 0 bridgehead atoms. The van der Waals surface area contributed by atoms with Crippen LogP contribution in [0.25, 0.3) is 0 Å². The molecular formula is C17H17BrN2O2. The van der Waals surface area contributed by atoms with Crippen LogP contribution in [0.4, 0.5) is 0 Å². The van der Waals surface area contributed by atoms with Crippen LogP contribution in [-0.4, -0.2) is 18.7 Å². The average molecular weight is 361 g/mol. The van der Waals surface area contributed by atoms with Crippen molar-refractivity contribution < 1.29 is 9.53 Å². The number of rotatable bonds is 5. The van der Waals surface area contributed by atoms with Crippen LogP contribution in [0.1, 0.15) is 16.7 Å². The van der Waals surface area contributed by atoms with Crippen molar-refractivity contribution in [2.24, 2.45) is 5.10 Å². The molecule has 0 saturated heterocycles. The molecule has 114 valence electrons. The average Bonchev–Trinajstić information content (AvgIpc) is 2.46. The molecule has 0 aromatic heterocycles. The maximum absolute atomic E-state index is 11.7. The number of benzene rings is 2. The van der Waals surface area contributed by atoms with E-state index < -0.39 is 0 Å². The maximum atomic E-state index is 11.7. The molecule has 1 amide bonds. The molecule has 0 heterocycles. The highest BCUT2D eigenvalue weighted by Crippen LogP contribution is 2.21. The first-order valence-electron chi connectivity index (χ1n) is 6.82. The summed E-state index contributed by atoms with van der Waals surface area (Å²) in [6.45, 7) is 3.85. The molecule has 0 spiro atoms. The van der Waals surface area contributed by atoms with Gasteiger partial charge >= 0.3 is 0 Å². The largest absolute Gasteiger partial charge is 0.483 e. The van der Waals surface area contributed by atoms with E-state index in [9.17, 15) is 4.79 Å². The van der Waals surface area contributed by atoms with E-state index in [1.807, 2.05) is 56.3 Å². The Morgan fingerprint density at radius 3 is 2.82 bits per heavy atom. The summed E-state index contributed by atoms with van der Waals surface area (Å²) in [6.07, 6.45) is 1.61. The summed E-state index contributed by atoms with van der Waals surface area (Å²) < 4.78 is 6.45. The van der Waals surface area contributed by atoms with Crippen LogP contribution in [0.5, 0.6) is 5.75 Å². The number of carbonyl (C=O) groups excluding carboxylic acids is 1. The van der Waals surface area contributed by atoms with Crippen molar-refractivity contribution in [1.82, 2.24) is 5.43 Å². The summed E-state index contributed by atoms with van der Waals surface area (Å²) in [5.41, 5.74) is 5.49. The Morgan fingerprint density at radius 2 is 2.09 bits per heavy atom. The Bertz CT molecular complexity index is 699. The minimum atomic E-state index is -0.300. The lowest BCUT2D eigenvalue weighted by molar-refractivity contribution is -0.123. The second-order valence-electron chi connectivity index (χ2n) is 4.91. The van der Waals surface area contributed by atoms with E-state index in [2.05, 4.69) is 26.5 Å². The third kappa shape index (κ3) is 5.00. The standard InChI is InChI=1S/C17H17BrN2O2/c1-12-4-3-5-14(8-12)10-19-20-17(21)11-22-16-7-6-15(18)9-13(16)2/h3-10H,11H2,1-2H3,(H,20,21)/b19-10+. The second kappa shape index (κ2) is 7.75. The van der Waals surface area contributed by atoms with Gasteiger partial charge in [0.05, 0.1) is 6.21 Å². The Hall–Kier alpha value is -2.14. The summed E-state index contributed by atoms with van der Waals surface area (Å²) >= 11 is 3.38. The number of hydrogen-bond donors (Lipinski definition) is 1. The minimum Gasteiger partial charge on any atom is -0.483 e. The van der Waals surface area contributed by atoms with Gasteiger partial charge in [0.15, 0.2) is 6.61 Å². The predicted octanol–water partition coefficient (Wildman–Crippen LogP) is 3.60. The van der Waals surface area contributed by atoms with E-state index in [1.54, 1.807) is 6.21 Å². The van der Waals surface area contributed by atoms with Gasteiger partial charge in [0.2, 0.25) is 0 Å². The van der Waals surface area contributed by atoms with Gasteiger partial charge in [-0.25, -0.2) is 5.43 Å². The van der Waals surface area contributed by atoms with Crippen molar-refractivity contribution in [1.29, 1.82) is 0 Å². The molecule has 0 aliphatic heterocycles. The fourth-order valence-electron chi connectivity index (χ4n) is 1.88. The minimum absolute atomic E-state index is 0.0758. The Balaban J connectivity index is 1.83. The number of halogens is 1. The summed E-state index contributed by atoms with van der Waals surface area (Å²) in [7, 11) is 0. The number of ether oxygens (including phenoxy) is 1. The molecule has 2 rings (SSSR count). The number of amides is 1. The van der Waals surface area contributed by atoms with Gasteiger partial charge in [-0.15, -0.1) is 0 Å². The van der Waals surface area contributed by atoms with Gasteiger partial charge in [0.25, 0.3) is 5.91 Å². The van der Waals surface area contributed by atoms with E-state index in [0.717, 1.165) is 21.2 Å². The maximum Gasteiger partial charge on any atom is 0.277 e. The number of nitrogens with zero attached hydrogens (tertiary/aromatic N) is 1. The molecule has 5 heteroatoms. The molecule has 4 nitrogen and oxygen atoms in total. The van der Waals surface area contributed by atoms with Crippen molar-refractivity contribution in [3.05, 3.63) is 63.6 Å². The molecule has 22 heavy (non-hydrogen) atoms. The van der Waals surface area contributed by atoms with Crippen molar-refractivity contribution in [2.45, 2.75) is 13.8 Å².